The molecule has 6 saturated heterocycles. The minimum absolute atomic E-state index is 0.0357. The molecule has 0 saturated carbocycles. The quantitative estimate of drug-likeness (QED) is 0.236. The lowest BCUT2D eigenvalue weighted by Crippen LogP contribution is -2.59. The van der Waals surface area contributed by atoms with Gasteiger partial charge in [-0.15, -0.1) is 0 Å². The van der Waals surface area contributed by atoms with Crippen molar-refractivity contribution < 1.29 is 57.6 Å². The molecule has 12 heteroatoms. The topological polar surface area (TPSA) is 133 Å². The van der Waals surface area contributed by atoms with Crippen LogP contribution in [0.2, 0.25) is 0 Å². The highest BCUT2D eigenvalue weighted by atomic mass is 16.8. The lowest BCUT2D eigenvalue weighted by molar-refractivity contribution is -0.363. The first-order valence-electron chi connectivity index (χ1n) is 21.9. The Bertz CT molecular complexity index is 1200. The first kappa shape index (κ1) is 44.1. The largest absolute Gasteiger partial charge is 0.394 e. The number of fused-ring (bicyclic) bond motifs is 2. The van der Waals surface area contributed by atoms with E-state index in [-0.39, 0.29) is 121 Å². The minimum Gasteiger partial charge on any atom is -0.394 e. The van der Waals surface area contributed by atoms with Crippen LogP contribution in [0.1, 0.15) is 109 Å². The van der Waals surface area contributed by atoms with Gasteiger partial charge in [0.25, 0.3) is 0 Å². The monoisotopic (exact) mass is 785 g/mol. The average molecular weight is 785 g/mol. The molecule has 55 heavy (non-hydrogen) atoms. The summed E-state index contributed by atoms with van der Waals surface area (Å²) in [5, 5.41) is 20.5. The van der Waals surface area contributed by atoms with E-state index in [1.807, 2.05) is 13.8 Å². The molecule has 10 unspecified atom stereocenters. The molecule has 0 amide bonds. The van der Waals surface area contributed by atoms with Gasteiger partial charge in [-0.25, -0.2) is 0 Å². The van der Waals surface area contributed by atoms with Crippen LogP contribution in [0.4, 0.5) is 0 Å². The van der Waals surface area contributed by atoms with Crippen molar-refractivity contribution in [2.24, 2.45) is 59.2 Å². The van der Waals surface area contributed by atoms with Crippen LogP contribution in [-0.2, 0) is 47.4 Å². The van der Waals surface area contributed by atoms with Crippen molar-refractivity contribution in [3.05, 3.63) is 0 Å². The molecular formula is C43H76O12. The average Bonchev–Trinajstić information content (AvgIpc) is 3.64. The smallest absolute Gasteiger partial charge is 0.161 e. The van der Waals surface area contributed by atoms with E-state index in [0.29, 0.717) is 12.5 Å². The highest BCUT2D eigenvalue weighted by Crippen LogP contribution is 2.45. The van der Waals surface area contributed by atoms with Crippen LogP contribution >= 0.6 is 0 Å². The maximum atomic E-state index is 10.6. The predicted octanol–water partition coefficient (Wildman–Crippen LogP) is 6.13. The summed E-state index contributed by atoms with van der Waals surface area (Å²) in [6, 6.07) is 0. The van der Waals surface area contributed by atoms with Gasteiger partial charge < -0.3 is 57.6 Å². The molecular weight excluding hydrogens is 708 g/mol. The zero-order valence-electron chi connectivity index (χ0n) is 35.9. The van der Waals surface area contributed by atoms with Gasteiger partial charge in [-0.1, -0.05) is 90.0 Å². The Kier molecular flexibility index (Phi) is 14.8. The molecule has 0 aliphatic carbocycles. The van der Waals surface area contributed by atoms with Gasteiger partial charge in [0.2, 0.25) is 0 Å². The molecule has 6 fully saturated rings. The number of hydrogen-bond acceptors (Lipinski definition) is 12. The Labute approximate surface area is 331 Å². The van der Waals surface area contributed by atoms with Gasteiger partial charge >= 0.3 is 0 Å². The molecule has 0 aromatic carbocycles. The predicted molar refractivity (Wildman–Crippen MR) is 204 cm³/mol. The van der Waals surface area contributed by atoms with Gasteiger partial charge in [0.15, 0.2) is 31.5 Å². The Morgan fingerprint density at radius 2 is 0.782 bits per heavy atom. The summed E-state index contributed by atoms with van der Waals surface area (Å²) in [5.41, 5.74) is 0. The highest BCUT2D eigenvalue weighted by molar-refractivity contribution is 4.95. The molecule has 320 valence electrons. The first-order chi connectivity index (χ1) is 26.1. The molecule has 0 spiro atoms. The van der Waals surface area contributed by atoms with Crippen molar-refractivity contribution in [2.45, 2.75) is 202 Å². The zero-order chi connectivity index (χ0) is 40.0. The van der Waals surface area contributed by atoms with Crippen LogP contribution in [0, 0.1) is 59.2 Å². The van der Waals surface area contributed by atoms with E-state index in [1.165, 1.54) is 0 Å². The van der Waals surface area contributed by atoms with Crippen molar-refractivity contribution in [3.63, 3.8) is 0 Å². The summed E-state index contributed by atoms with van der Waals surface area (Å²) in [5.74, 6) is 1.08. The van der Waals surface area contributed by atoms with E-state index >= 15 is 0 Å². The third-order valence-electron chi connectivity index (χ3n) is 15.3. The normalized spacial score (nSPS) is 54.7. The molecule has 25 atom stereocenters. The van der Waals surface area contributed by atoms with E-state index in [1.54, 1.807) is 0 Å². The van der Waals surface area contributed by atoms with Crippen LogP contribution in [0.15, 0.2) is 0 Å². The second kappa shape index (κ2) is 18.4. The lowest BCUT2D eigenvalue weighted by Gasteiger charge is -2.52. The summed E-state index contributed by atoms with van der Waals surface area (Å²) in [7, 11) is 0. The summed E-state index contributed by atoms with van der Waals surface area (Å²) in [4.78, 5) is 0. The molecule has 6 rings (SSSR count). The lowest BCUT2D eigenvalue weighted by atomic mass is 9.81. The third-order valence-corrected chi connectivity index (χ3v) is 15.3. The molecule has 0 aromatic heterocycles. The molecule has 6 heterocycles. The minimum atomic E-state index is -0.735. The first-order valence-corrected chi connectivity index (χ1v) is 21.9. The molecule has 2 bridgehead atoms. The van der Waals surface area contributed by atoms with Crippen molar-refractivity contribution in [1.29, 1.82) is 0 Å². The van der Waals surface area contributed by atoms with E-state index in [0.717, 1.165) is 19.3 Å². The van der Waals surface area contributed by atoms with Gasteiger partial charge in [-0.05, 0) is 48.9 Å². The van der Waals surface area contributed by atoms with Gasteiger partial charge in [0.05, 0.1) is 62.0 Å². The standard InChI is InChI=1S/C43H76O12/c1-14-29-35(52-40-24(9)19(4)34(45)32(17-44)50-40)21(6)26(11)41(47-29)53-36-22(7)27(12)42(48-30(36)15-2)54-37-23(8)28(13)43(49-31(37)16-3)55-38-20(5)25(10)39-46-18-33(38)51-39/h19-45H,14-18H2,1-13H3/t19?,20?,21?,22?,23?,24?,25?,26?,27-,28-,29-,30?,31?,32-,33+,34+,35+,36-,37-,38+,39-,40-,41-,42+,43+/m1/s1. The van der Waals surface area contributed by atoms with Crippen LogP contribution in [0.3, 0.4) is 0 Å². The number of aliphatic hydroxyl groups is 2. The van der Waals surface area contributed by atoms with Gasteiger partial charge in [-0.2, -0.15) is 0 Å². The third kappa shape index (κ3) is 8.60. The molecule has 12 nitrogen and oxygen atoms in total. The van der Waals surface area contributed by atoms with Crippen molar-refractivity contribution in [2.75, 3.05) is 13.2 Å². The van der Waals surface area contributed by atoms with E-state index in [9.17, 15) is 10.2 Å². The number of hydrogen-bond donors (Lipinski definition) is 2. The Morgan fingerprint density at radius 1 is 0.436 bits per heavy atom. The maximum absolute atomic E-state index is 10.6. The Hall–Kier alpha value is -0.480. The van der Waals surface area contributed by atoms with Crippen molar-refractivity contribution in [1.82, 2.24) is 0 Å². The molecule has 0 radical (unpaired) electrons. The fourth-order valence-electron chi connectivity index (χ4n) is 10.1. The van der Waals surface area contributed by atoms with Crippen LogP contribution in [0.25, 0.3) is 0 Å². The van der Waals surface area contributed by atoms with E-state index in [4.69, 9.17) is 47.4 Å². The van der Waals surface area contributed by atoms with Gasteiger partial charge in [-0.3, -0.25) is 0 Å². The maximum Gasteiger partial charge on any atom is 0.161 e. The number of rotatable bonds is 12. The second-order valence-corrected chi connectivity index (χ2v) is 18.4. The summed E-state index contributed by atoms with van der Waals surface area (Å²) >= 11 is 0. The van der Waals surface area contributed by atoms with Gasteiger partial charge in [0, 0.05) is 29.6 Å². The SMILES string of the molecule is CCC1O[C@@H](O[C@H]2C(CC)O[C@@H](O[C@H]3C(C)C(C)[C@@H]4OC[C@@H]3O4)[C@H](C)C2C)[C@H](C)C(C)[C@H]1O[C@H]1O[C@H](CC)[C@@H](O[C@H]2O[C@H](CO)[C@@H](O)C(C)C2C)C(C)C1C. The van der Waals surface area contributed by atoms with Crippen LogP contribution < -0.4 is 0 Å². The zero-order valence-corrected chi connectivity index (χ0v) is 35.9. The summed E-state index contributed by atoms with van der Waals surface area (Å²) < 4.78 is 66.0. The van der Waals surface area contributed by atoms with Gasteiger partial charge in [0.1, 0.15) is 12.2 Å². The van der Waals surface area contributed by atoms with Crippen LogP contribution in [-0.4, -0.2) is 116 Å². The van der Waals surface area contributed by atoms with E-state index in [2.05, 4.69) is 76.2 Å². The fraction of sp³-hybridized carbons (Fsp3) is 1.00. The fourth-order valence-corrected chi connectivity index (χ4v) is 10.1. The highest BCUT2D eigenvalue weighted by Gasteiger charge is 2.53. The summed E-state index contributed by atoms with van der Waals surface area (Å²) in [6.07, 6.45) is -2.15. The Balaban J connectivity index is 1.08. The molecule has 0 aromatic rings. The van der Waals surface area contributed by atoms with Crippen LogP contribution in [0.5, 0.6) is 0 Å². The van der Waals surface area contributed by atoms with E-state index < -0.39 is 31.1 Å². The number of ether oxygens (including phenoxy) is 10. The molecule has 2 N–H and O–H groups in total. The summed E-state index contributed by atoms with van der Waals surface area (Å²) in [6.45, 7) is 28.5. The molecule has 6 aliphatic rings. The Morgan fingerprint density at radius 3 is 1.16 bits per heavy atom. The molecule has 6 aliphatic heterocycles. The van der Waals surface area contributed by atoms with Crippen molar-refractivity contribution in [3.8, 4) is 0 Å². The number of aliphatic hydroxyl groups excluding tert-OH is 2. The second-order valence-electron chi connectivity index (χ2n) is 18.4. The van der Waals surface area contributed by atoms with Crippen molar-refractivity contribution >= 4 is 0 Å².